The van der Waals surface area contributed by atoms with Gasteiger partial charge in [-0.3, -0.25) is 19.8 Å². The summed E-state index contributed by atoms with van der Waals surface area (Å²) in [6.45, 7) is 1.66. The monoisotopic (exact) mass is 275 g/mol. The molecule has 0 aliphatic carbocycles. The second-order valence-corrected chi connectivity index (χ2v) is 5.10. The quantitative estimate of drug-likeness (QED) is 0.850. The van der Waals surface area contributed by atoms with E-state index in [1.54, 1.807) is 24.3 Å². The number of imide groups is 1. The molecule has 1 aliphatic rings. The Kier molecular flexibility index (Phi) is 5.26. The zero-order valence-electron chi connectivity index (χ0n) is 11.5. The summed E-state index contributed by atoms with van der Waals surface area (Å²) in [4.78, 5) is 25.9. The second-order valence-electron chi connectivity index (χ2n) is 5.10. The number of benzene rings is 1. The lowest BCUT2D eigenvalue weighted by Crippen LogP contribution is -2.49. The molecule has 5 nitrogen and oxygen atoms in total. The fourth-order valence-corrected chi connectivity index (χ4v) is 2.55. The maximum Gasteiger partial charge on any atom is 0.257 e. The van der Waals surface area contributed by atoms with Crippen molar-refractivity contribution in [1.82, 2.24) is 10.2 Å². The third kappa shape index (κ3) is 3.88. The standard InChI is InChI=1S/C15H21N3O2/c16-10-13-8-4-5-9-18(13)11-14(19)17-15(20)12-6-2-1-3-7-12/h1-3,6-7,13H,4-5,8-11,16H2,(H,17,19,20). The van der Waals surface area contributed by atoms with Crippen molar-refractivity contribution in [3.05, 3.63) is 35.9 Å². The van der Waals surface area contributed by atoms with Crippen LogP contribution in [0.5, 0.6) is 0 Å². The fourth-order valence-electron chi connectivity index (χ4n) is 2.55. The highest BCUT2D eigenvalue weighted by molar-refractivity contribution is 6.05. The Morgan fingerprint density at radius 1 is 1.25 bits per heavy atom. The Morgan fingerprint density at radius 3 is 2.70 bits per heavy atom. The first kappa shape index (κ1) is 14.7. The van der Waals surface area contributed by atoms with Gasteiger partial charge in [-0.2, -0.15) is 0 Å². The molecule has 0 radical (unpaired) electrons. The molecule has 1 aromatic carbocycles. The third-order valence-corrected chi connectivity index (χ3v) is 3.66. The summed E-state index contributed by atoms with van der Waals surface area (Å²) in [5.41, 5.74) is 6.22. The predicted octanol–water partition coefficient (Wildman–Crippen LogP) is 0.756. The molecule has 0 saturated carbocycles. The predicted molar refractivity (Wildman–Crippen MR) is 77.2 cm³/mol. The topological polar surface area (TPSA) is 75.4 Å². The van der Waals surface area contributed by atoms with E-state index in [0.717, 1.165) is 25.8 Å². The number of piperidine rings is 1. The highest BCUT2D eigenvalue weighted by atomic mass is 16.2. The van der Waals surface area contributed by atoms with Gasteiger partial charge in [0.1, 0.15) is 0 Å². The van der Waals surface area contributed by atoms with E-state index in [9.17, 15) is 9.59 Å². The number of hydrogen-bond acceptors (Lipinski definition) is 4. The molecule has 1 heterocycles. The Hall–Kier alpha value is -1.72. The molecule has 1 fully saturated rings. The Balaban J connectivity index is 1.87. The molecule has 2 rings (SSSR count). The van der Waals surface area contributed by atoms with Crippen molar-refractivity contribution in [2.45, 2.75) is 25.3 Å². The van der Waals surface area contributed by atoms with E-state index >= 15 is 0 Å². The average molecular weight is 275 g/mol. The van der Waals surface area contributed by atoms with Crippen molar-refractivity contribution in [3.8, 4) is 0 Å². The van der Waals surface area contributed by atoms with Crippen LogP contribution in [-0.4, -0.2) is 42.4 Å². The van der Waals surface area contributed by atoms with Crippen molar-refractivity contribution in [2.75, 3.05) is 19.6 Å². The number of amides is 2. The van der Waals surface area contributed by atoms with Gasteiger partial charge in [-0.15, -0.1) is 0 Å². The summed E-state index contributed by atoms with van der Waals surface area (Å²) in [6.07, 6.45) is 3.26. The van der Waals surface area contributed by atoms with Crippen LogP contribution >= 0.6 is 0 Å². The van der Waals surface area contributed by atoms with E-state index in [-0.39, 0.29) is 24.4 Å². The molecule has 1 aromatic rings. The normalized spacial score (nSPS) is 19.6. The van der Waals surface area contributed by atoms with Gasteiger partial charge in [0.15, 0.2) is 0 Å². The maximum absolute atomic E-state index is 11.9. The van der Waals surface area contributed by atoms with Crippen LogP contribution in [0.15, 0.2) is 30.3 Å². The van der Waals surface area contributed by atoms with Crippen molar-refractivity contribution in [1.29, 1.82) is 0 Å². The Labute approximate surface area is 119 Å². The molecular formula is C15H21N3O2. The van der Waals surface area contributed by atoms with E-state index in [1.807, 2.05) is 6.07 Å². The first-order valence-electron chi connectivity index (χ1n) is 7.04. The maximum atomic E-state index is 11.9. The van der Waals surface area contributed by atoms with Crippen molar-refractivity contribution >= 4 is 11.8 Å². The third-order valence-electron chi connectivity index (χ3n) is 3.66. The van der Waals surface area contributed by atoms with Crippen LogP contribution in [0.2, 0.25) is 0 Å². The Bertz CT molecular complexity index is 461. The Morgan fingerprint density at radius 2 is 2.00 bits per heavy atom. The molecule has 108 valence electrons. The van der Waals surface area contributed by atoms with Crippen molar-refractivity contribution in [3.63, 3.8) is 0 Å². The molecule has 0 aromatic heterocycles. The lowest BCUT2D eigenvalue weighted by molar-refractivity contribution is -0.122. The van der Waals surface area contributed by atoms with Gasteiger partial charge < -0.3 is 5.73 Å². The lowest BCUT2D eigenvalue weighted by Gasteiger charge is -2.34. The molecular weight excluding hydrogens is 254 g/mol. The van der Waals surface area contributed by atoms with Crippen LogP contribution in [0.3, 0.4) is 0 Å². The molecule has 1 atom stereocenters. The van der Waals surface area contributed by atoms with Crippen LogP contribution in [0.1, 0.15) is 29.6 Å². The van der Waals surface area contributed by atoms with Crippen LogP contribution in [0.4, 0.5) is 0 Å². The number of nitrogens with two attached hydrogens (primary N) is 1. The number of likely N-dealkylation sites (tertiary alicyclic amines) is 1. The number of hydrogen-bond donors (Lipinski definition) is 2. The molecule has 2 amide bonds. The van der Waals surface area contributed by atoms with Gasteiger partial charge in [0.2, 0.25) is 5.91 Å². The summed E-state index contributed by atoms with van der Waals surface area (Å²) in [5, 5.41) is 2.43. The minimum atomic E-state index is -0.350. The first-order valence-corrected chi connectivity index (χ1v) is 7.04. The van der Waals surface area contributed by atoms with Crippen molar-refractivity contribution in [2.24, 2.45) is 5.73 Å². The van der Waals surface area contributed by atoms with Crippen LogP contribution in [0, 0.1) is 0 Å². The molecule has 0 spiro atoms. The van der Waals surface area contributed by atoms with Gasteiger partial charge in [0, 0.05) is 18.2 Å². The molecule has 1 aliphatic heterocycles. The van der Waals surface area contributed by atoms with Crippen LogP contribution in [-0.2, 0) is 4.79 Å². The summed E-state index contributed by atoms with van der Waals surface area (Å²) in [6, 6.07) is 9.00. The van der Waals surface area contributed by atoms with E-state index in [0.29, 0.717) is 12.1 Å². The molecule has 5 heteroatoms. The van der Waals surface area contributed by atoms with Gasteiger partial charge in [-0.1, -0.05) is 24.6 Å². The smallest absolute Gasteiger partial charge is 0.257 e. The summed E-state index contributed by atoms with van der Waals surface area (Å²) in [5.74, 6) is -0.615. The van der Waals surface area contributed by atoms with E-state index in [4.69, 9.17) is 5.73 Å². The van der Waals surface area contributed by atoms with Crippen LogP contribution < -0.4 is 11.1 Å². The fraction of sp³-hybridized carbons (Fsp3) is 0.467. The number of nitrogens with zero attached hydrogens (tertiary/aromatic N) is 1. The zero-order valence-corrected chi connectivity index (χ0v) is 11.5. The van der Waals surface area contributed by atoms with Gasteiger partial charge in [0.25, 0.3) is 5.91 Å². The largest absolute Gasteiger partial charge is 0.329 e. The van der Waals surface area contributed by atoms with Crippen molar-refractivity contribution < 1.29 is 9.59 Å². The van der Waals surface area contributed by atoms with Gasteiger partial charge in [-0.05, 0) is 31.5 Å². The highest BCUT2D eigenvalue weighted by Gasteiger charge is 2.23. The van der Waals surface area contributed by atoms with Gasteiger partial charge in [0.05, 0.1) is 6.54 Å². The van der Waals surface area contributed by atoms with E-state index in [1.165, 1.54) is 0 Å². The van der Waals surface area contributed by atoms with E-state index < -0.39 is 0 Å². The number of carbonyl (C=O) groups is 2. The van der Waals surface area contributed by atoms with Gasteiger partial charge >= 0.3 is 0 Å². The first-order chi connectivity index (χ1) is 9.70. The van der Waals surface area contributed by atoms with Crippen LogP contribution in [0.25, 0.3) is 0 Å². The van der Waals surface area contributed by atoms with E-state index in [2.05, 4.69) is 10.2 Å². The van der Waals surface area contributed by atoms with Gasteiger partial charge in [-0.25, -0.2) is 0 Å². The summed E-state index contributed by atoms with van der Waals surface area (Å²) in [7, 11) is 0. The lowest BCUT2D eigenvalue weighted by atomic mass is 10.0. The summed E-state index contributed by atoms with van der Waals surface area (Å²) < 4.78 is 0. The number of rotatable bonds is 4. The second kappa shape index (κ2) is 7.17. The molecule has 20 heavy (non-hydrogen) atoms. The minimum absolute atomic E-state index is 0.237. The molecule has 1 unspecified atom stereocenters. The molecule has 1 saturated heterocycles. The average Bonchev–Trinajstić information content (AvgIpc) is 2.48. The summed E-state index contributed by atoms with van der Waals surface area (Å²) >= 11 is 0. The molecule has 3 N–H and O–H groups in total. The number of nitrogens with one attached hydrogen (secondary N) is 1. The highest BCUT2D eigenvalue weighted by Crippen LogP contribution is 2.15. The minimum Gasteiger partial charge on any atom is -0.329 e. The SMILES string of the molecule is NCC1CCCCN1CC(=O)NC(=O)c1ccccc1. The zero-order chi connectivity index (χ0) is 14.4. The number of carbonyl (C=O) groups excluding carboxylic acids is 2. The molecule has 0 bridgehead atoms.